The topological polar surface area (TPSA) is 67.8 Å². The first-order valence-corrected chi connectivity index (χ1v) is 10.5. The summed E-state index contributed by atoms with van der Waals surface area (Å²) in [6, 6.07) is 12.7. The van der Waals surface area contributed by atoms with Crippen LogP contribution in [0.2, 0.25) is 5.02 Å². The lowest BCUT2D eigenvalue weighted by Crippen LogP contribution is -2.54. The zero-order valence-electron chi connectivity index (χ0n) is 17.7. The number of rotatable bonds is 5. The minimum absolute atomic E-state index is 0.0336. The summed E-state index contributed by atoms with van der Waals surface area (Å²) in [5, 5.41) is 0.156. The van der Waals surface area contributed by atoms with E-state index in [1.807, 2.05) is 24.0 Å². The Morgan fingerprint density at radius 3 is 2.75 bits per heavy atom. The molecule has 1 aliphatic rings. The van der Waals surface area contributed by atoms with Crippen molar-refractivity contribution in [2.24, 2.45) is 0 Å². The van der Waals surface area contributed by atoms with Crippen LogP contribution in [0.4, 0.5) is 10.2 Å². The minimum atomic E-state index is -0.443. The van der Waals surface area contributed by atoms with Crippen LogP contribution in [0, 0.1) is 5.82 Å². The molecule has 1 atom stereocenters. The minimum Gasteiger partial charge on any atom is -0.497 e. The summed E-state index contributed by atoms with van der Waals surface area (Å²) in [7, 11) is 1.58. The molecule has 9 heteroatoms. The first-order valence-electron chi connectivity index (χ1n) is 10.1. The highest BCUT2D eigenvalue weighted by atomic mass is 35.5. The van der Waals surface area contributed by atoms with Gasteiger partial charge in [-0.3, -0.25) is 4.79 Å². The Kier molecular flexibility index (Phi) is 6.41. The van der Waals surface area contributed by atoms with Gasteiger partial charge >= 0.3 is 0 Å². The average molecular weight is 457 g/mol. The molecule has 2 heterocycles. The predicted octanol–water partition coefficient (Wildman–Crippen LogP) is 4.42. The summed E-state index contributed by atoms with van der Waals surface area (Å²) in [6.07, 6.45) is 1.40. The molecule has 0 unspecified atom stereocenters. The van der Waals surface area contributed by atoms with E-state index in [1.54, 1.807) is 25.3 Å². The van der Waals surface area contributed by atoms with Gasteiger partial charge in [-0.15, -0.1) is 0 Å². The average Bonchev–Trinajstić information content (AvgIpc) is 2.80. The molecular weight excluding hydrogens is 435 g/mol. The first-order chi connectivity index (χ1) is 15.4. The van der Waals surface area contributed by atoms with E-state index < -0.39 is 5.82 Å². The zero-order valence-corrected chi connectivity index (χ0v) is 18.4. The molecule has 1 aromatic heterocycles. The molecule has 0 saturated carbocycles. The lowest BCUT2D eigenvalue weighted by Gasteiger charge is -2.40. The second-order valence-corrected chi connectivity index (χ2v) is 7.82. The van der Waals surface area contributed by atoms with Crippen molar-refractivity contribution in [2.75, 3.05) is 31.6 Å². The summed E-state index contributed by atoms with van der Waals surface area (Å²) in [5.74, 6) is 1.45. The number of aromatic nitrogens is 2. The molecule has 0 bridgehead atoms. The Balaban J connectivity index is 1.45. The third-order valence-corrected chi connectivity index (χ3v) is 5.56. The van der Waals surface area contributed by atoms with Crippen LogP contribution in [0.5, 0.6) is 17.4 Å². The molecule has 1 saturated heterocycles. The molecule has 7 nitrogen and oxygen atoms in total. The maximum Gasteiger partial charge on any atom is 0.254 e. The van der Waals surface area contributed by atoms with Gasteiger partial charge in [-0.1, -0.05) is 17.7 Å². The van der Waals surface area contributed by atoms with Crippen molar-refractivity contribution in [1.29, 1.82) is 0 Å². The molecule has 0 N–H and O–H groups in total. The predicted molar refractivity (Wildman–Crippen MR) is 119 cm³/mol. The lowest BCUT2D eigenvalue weighted by atomic mass is 10.1. The van der Waals surface area contributed by atoms with Crippen molar-refractivity contribution in [1.82, 2.24) is 14.9 Å². The van der Waals surface area contributed by atoms with E-state index in [9.17, 15) is 9.18 Å². The summed E-state index contributed by atoms with van der Waals surface area (Å²) in [6.45, 7) is 3.75. The largest absolute Gasteiger partial charge is 0.497 e. The van der Waals surface area contributed by atoms with Gasteiger partial charge in [0.2, 0.25) is 5.88 Å². The number of amides is 1. The number of anilines is 1. The number of methoxy groups -OCH3 is 1. The normalized spacial score (nSPS) is 16.1. The SMILES string of the molecule is COc1cccc(C(=O)N2CCN(c3cc(Oc4ccc(F)cc4Cl)ncn3)C[C@H]2C)c1. The van der Waals surface area contributed by atoms with E-state index >= 15 is 0 Å². The van der Waals surface area contributed by atoms with Gasteiger partial charge in [-0.25, -0.2) is 14.4 Å². The maximum absolute atomic E-state index is 13.3. The number of piperazine rings is 1. The second-order valence-electron chi connectivity index (χ2n) is 7.42. The molecule has 0 spiro atoms. The van der Waals surface area contributed by atoms with Gasteiger partial charge < -0.3 is 19.3 Å². The molecule has 32 heavy (non-hydrogen) atoms. The van der Waals surface area contributed by atoms with E-state index in [4.69, 9.17) is 21.1 Å². The molecule has 1 fully saturated rings. The van der Waals surface area contributed by atoms with Crippen LogP contribution >= 0.6 is 11.6 Å². The summed E-state index contributed by atoms with van der Waals surface area (Å²) < 4.78 is 24.2. The smallest absolute Gasteiger partial charge is 0.254 e. The number of carbonyl (C=O) groups excluding carboxylic acids is 1. The number of carbonyl (C=O) groups is 1. The maximum atomic E-state index is 13.3. The summed E-state index contributed by atoms with van der Waals surface area (Å²) >= 11 is 6.04. The highest BCUT2D eigenvalue weighted by Gasteiger charge is 2.29. The third-order valence-electron chi connectivity index (χ3n) is 5.27. The Morgan fingerprint density at radius 1 is 1.16 bits per heavy atom. The Bertz CT molecular complexity index is 1130. The number of ether oxygens (including phenoxy) is 2. The van der Waals surface area contributed by atoms with Crippen molar-refractivity contribution in [3.63, 3.8) is 0 Å². The molecular formula is C23H22ClFN4O3. The quantitative estimate of drug-likeness (QED) is 0.566. The van der Waals surface area contributed by atoms with Gasteiger partial charge in [0.05, 0.1) is 12.1 Å². The Labute approximate surface area is 190 Å². The van der Waals surface area contributed by atoms with E-state index in [1.165, 1.54) is 24.5 Å². The van der Waals surface area contributed by atoms with Gasteiger partial charge in [-0.2, -0.15) is 0 Å². The van der Waals surface area contributed by atoms with Crippen LogP contribution in [0.25, 0.3) is 0 Å². The van der Waals surface area contributed by atoms with Crippen LogP contribution in [0.1, 0.15) is 17.3 Å². The van der Waals surface area contributed by atoms with Gasteiger partial charge in [0, 0.05) is 37.3 Å². The molecule has 0 radical (unpaired) electrons. The summed E-state index contributed by atoms with van der Waals surface area (Å²) in [4.78, 5) is 25.4. The van der Waals surface area contributed by atoms with Gasteiger partial charge in [0.25, 0.3) is 5.91 Å². The monoisotopic (exact) mass is 456 g/mol. The van der Waals surface area contributed by atoms with Crippen molar-refractivity contribution in [2.45, 2.75) is 13.0 Å². The standard InChI is InChI=1S/C23H22ClFN4O3/c1-15-13-28(8-9-29(15)23(30)16-4-3-5-18(10-16)31-2)21-12-22(27-14-26-21)32-20-7-6-17(25)11-19(20)24/h3-7,10-12,14-15H,8-9,13H2,1-2H3/t15-/m1/s1. The fraction of sp³-hybridized carbons (Fsp3) is 0.261. The molecule has 166 valence electrons. The number of benzene rings is 2. The fourth-order valence-corrected chi connectivity index (χ4v) is 3.82. The van der Waals surface area contributed by atoms with E-state index in [0.717, 1.165) is 0 Å². The van der Waals surface area contributed by atoms with E-state index in [2.05, 4.69) is 14.9 Å². The van der Waals surface area contributed by atoms with Crippen LogP contribution < -0.4 is 14.4 Å². The first kappa shape index (κ1) is 21.8. The number of hydrogen-bond donors (Lipinski definition) is 0. The zero-order chi connectivity index (χ0) is 22.7. The van der Waals surface area contributed by atoms with Crippen molar-refractivity contribution in [3.05, 3.63) is 71.3 Å². The molecule has 4 rings (SSSR count). The molecule has 0 aliphatic carbocycles. The second kappa shape index (κ2) is 9.40. The molecule has 3 aromatic rings. The van der Waals surface area contributed by atoms with Crippen LogP contribution in [-0.4, -0.2) is 53.6 Å². The van der Waals surface area contributed by atoms with Gasteiger partial charge in [0.1, 0.15) is 29.5 Å². The number of hydrogen-bond acceptors (Lipinski definition) is 6. The molecule has 1 amide bonds. The third kappa shape index (κ3) is 4.75. The van der Waals surface area contributed by atoms with Crippen LogP contribution in [0.15, 0.2) is 54.9 Å². The van der Waals surface area contributed by atoms with Gasteiger partial charge in [0.15, 0.2) is 0 Å². The van der Waals surface area contributed by atoms with E-state index in [0.29, 0.717) is 48.4 Å². The number of halogens is 2. The van der Waals surface area contributed by atoms with E-state index in [-0.39, 0.29) is 17.0 Å². The van der Waals surface area contributed by atoms with Crippen molar-refractivity contribution < 1.29 is 18.7 Å². The van der Waals surface area contributed by atoms with Crippen LogP contribution in [-0.2, 0) is 0 Å². The summed E-state index contributed by atoms with van der Waals surface area (Å²) in [5.41, 5.74) is 0.596. The van der Waals surface area contributed by atoms with Crippen molar-refractivity contribution >= 4 is 23.3 Å². The Hall–Kier alpha value is -3.39. The highest BCUT2D eigenvalue weighted by molar-refractivity contribution is 6.32. The highest BCUT2D eigenvalue weighted by Crippen LogP contribution is 2.30. The lowest BCUT2D eigenvalue weighted by molar-refractivity contribution is 0.0673. The van der Waals surface area contributed by atoms with Crippen molar-refractivity contribution in [3.8, 4) is 17.4 Å². The fourth-order valence-electron chi connectivity index (χ4n) is 3.62. The van der Waals surface area contributed by atoms with Crippen LogP contribution in [0.3, 0.4) is 0 Å². The molecule has 1 aliphatic heterocycles. The molecule has 2 aromatic carbocycles. The van der Waals surface area contributed by atoms with Gasteiger partial charge in [-0.05, 0) is 43.3 Å². The number of nitrogens with zero attached hydrogens (tertiary/aromatic N) is 4. The Morgan fingerprint density at radius 2 is 2.00 bits per heavy atom.